The van der Waals surface area contributed by atoms with Crippen molar-refractivity contribution in [3.8, 4) is 11.5 Å². The van der Waals surface area contributed by atoms with Crippen molar-refractivity contribution in [2.75, 3.05) is 24.9 Å². The van der Waals surface area contributed by atoms with Gasteiger partial charge >= 0.3 is 6.18 Å². The van der Waals surface area contributed by atoms with Crippen LogP contribution in [0, 0.1) is 13.8 Å². The van der Waals surface area contributed by atoms with Crippen LogP contribution in [0.3, 0.4) is 0 Å². The minimum Gasteiger partial charge on any atom is -0.493 e. The molecule has 0 saturated carbocycles. The van der Waals surface area contributed by atoms with E-state index in [1.54, 1.807) is 30.3 Å². The summed E-state index contributed by atoms with van der Waals surface area (Å²) in [5.74, 6) is 0.416. The van der Waals surface area contributed by atoms with Crippen LogP contribution < -0.4 is 20.1 Å². The van der Waals surface area contributed by atoms with Gasteiger partial charge in [-0.15, -0.1) is 0 Å². The van der Waals surface area contributed by atoms with E-state index < -0.39 is 24.2 Å². The molecule has 0 spiro atoms. The summed E-state index contributed by atoms with van der Waals surface area (Å²) in [6.45, 7) is 3.79. The molecule has 0 bridgehead atoms. The maximum absolute atomic E-state index is 14.0. The highest BCUT2D eigenvalue weighted by atomic mass is 19.4. The predicted molar refractivity (Wildman–Crippen MR) is 122 cm³/mol. The van der Waals surface area contributed by atoms with Crippen LogP contribution in [-0.2, 0) is 0 Å². The van der Waals surface area contributed by atoms with Gasteiger partial charge in [-0.25, -0.2) is 4.68 Å². The molecule has 2 aromatic carbocycles. The van der Waals surface area contributed by atoms with Gasteiger partial charge in [0.15, 0.2) is 23.2 Å². The van der Waals surface area contributed by atoms with Gasteiger partial charge in [0.2, 0.25) is 0 Å². The number of alkyl halides is 3. The quantitative estimate of drug-likeness (QED) is 0.516. The van der Waals surface area contributed by atoms with Gasteiger partial charge in [0.05, 0.1) is 20.3 Å². The van der Waals surface area contributed by atoms with Crippen molar-refractivity contribution in [1.29, 1.82) is 0 Å². The molecule has 0 saturated heterocycles. The number of benzene rings is 2. The topological polar surface area (TPSA) is 77.4 Å². The van der Waals surface area contributed by atoms with Crippen molar-refractivity contribution in [2.24, 2.45) is 0 Å². The van der Waals surface area contributed by atoms with Crippen LogP contribution >= 0.6 is 0 Å². The van der Waals surface area contributed by atoms with Crippen molar-refractivity contribution in [1.82, 2.24) is 9.78 Å². The molecule has 0 radical (unpaired) electrons. The maximum Gasteiger partial charge on any atom is 0.410 e. The Balaban J connectivity index is 1.65. The fraction of sp³-hybridized carbons (Fsp3) is 0.333. The standard InChI is InChI=1S/C24H25F3N4O3/c1-13-7-14(2)9-16(8-13)28-23(32)18-12-22-29-17(11-21(24(25,26)27)31(22)30-18)15-5-6-19(33-3)20(10-15)34-4/h5-10,12,17,21,29H,11H2,1-4H3,(H,28,32). The van der Waals surface area contributed by atoms with E-state index in [1.807, 2.05) is 19.9 Å². The largest absolute Gasteiger partial charge is 0.493 e. The summed E-state index contributed by atoms with van der Waals surface area (Å²) in [6, 6.07) is 9.26. The summed E-state index contributed by atoms with van der Waals surface area (Å²) in [5.41, 5.74) is 2.95. The second kappa shape index (κ2) is 8.92. The van der Waals surface area contributed by atoms with Gasteiger partial charge in [0, 0.05) is 18.2 Å². The van der Waals surface area contributed by atoms with Gasteiger partial charge in [0.1, 0.15) is 5.82 Å². The zero-order chi connectivity index (χ0) is 24.6. The normalized spacial score (nSPS) is 17.5. The molecule has 0 fully saturated rings. The summed E-state index contributed by atoms with van der Waals surface area (Å²) in [4.78, 5) is 12.8. The van der Waals surface area contributed by atoms with Crippen molar-refractivity contribution >= 4 is 17.4 Å². The highest BCUT2D eigenvalue weighted by Crippen LogP contribution is 2.44. The second-order valence-electron chi connectivity index (χ2n) is 8.29. The van der Waals surface area contributed by atoms with E-state index in [0.29, 0.717) is 22.7 Å². The lowest BCUT2D eigenvalue weighted by molar-refractivity contribution is -0.173. The number of methoxy groups -OCH3 is 2. The fourth-order valence-corrected chi connectivity index (χ4v) is 4.21. The first-order chi connectivity index (χ1) is 16.1. The number of aromatic nitrogens is 2. The molecule has 7 nitrogen and oxygen atoms in total. The number of fused-ring (bicyclic) bond motifs is 1. The molecule has 2 unspecified atom stereocenters. The van der Waals surface area contributed by atoms with Crippen LogP contribution in [-0.4, -0.2) is 36.1 Å². The van der Waals surface area contributed by atoms with Gasteiger partial charge < -0.3 is 20.1 Å². The summed E-state index contributed by atoms with van der Waals surface area (Å²) >= 11 is 0. The SMILES string of the molecule is COc1ccc(C2CC(C(F)(F)F)n3nc(C(=O)Nc4cc(C)cc(C)c4)cc3N2)cc1OC. The number of hydrogen-bond acceptors (Lipinski definition) is 5. The number of carbonyl (C=O) groups is 1. The molecule has 1 aromatic heterocycles. The third kappa shape index (κ3) is 4.66. The molecule has 3 aromatic rings. The van der Waals surface area contributed by atoms with Crippen LogP contribution in [0.5, 0.6) is 11.5 Å². The van der Waals surface area contributed by atoms with E-state index in [4.69, 9.17) is 9.47 Å². The van der Waals surface area contributed by atoms with Gasteiger partial charge in [-0.05, 0) is 54.8 Å². The summed E-state index contributed by atoms with van der Waals surface area (Å²) in [6.07, 6.45) is -4.86. The molecule has 4 rings (SSSR count). The van der Waals surface area contributed by atoms with E-state index in [-0.39, 0.29) is 17.9 Å². The van der Waals surface area contributed by atoms with Gasteiger partial charge in [-0.3, -0.25) is 4.79 Å². The first-order valence-corrected chi connectivity index (χ1v) is 10.6. The third-order valence-corrected chi connectivity index (χ3v) is 5.71. The van der Waals surface area contributed by atoms with Crippen molar-refractivity contribution in [3.05, 3.63) is 64.8 Å². The summed E-state index contributed by atoms with van der Waals surface area (Å²) in [7, 11) is 2.95. The van der Waals surface area contributed by atoms with E-state index in [1.165, 1.54) is 20.3 Å². The molecule has 10 heteroatoms. The number of anilines is 2. The van der Waals surface area contributed by atoms with Gasteiger partial charge in [-0.2, -0.15) is 18.3 Å². The Morgan fingerprint density at radius 1 is 1.06 bits per heavy atom. The lowest BCUT2D eigenvalue weighted by Gasteiger charge is -2.33. The number of amides is 1. The van der Waals surface area contributed by atoms with Crippen molar-refractivity contribution in [3.63, 3.8) is 0 Å². The molecule has 0 aliphatic carbocycles. The van der Waals surface area contributed by atoms with Crippen molar-refractivity contribution < 1.29 is 27.4 Å². The molecular formula is C24H25F3N4O3. The number of halogens is 3. The molecule has 1 aliphatic heterocycles. The second-order valence-corrected chi connectivity index (χ2v) is 8.29. The molecule has 34 heavy (non-hydrogen) atoms. The van der Waals surface area contributed by atoms with E-state index >= 15 is 0 Å². The van der Waals surface area contributed by atoms with Gasteiger partial charge in [0.25, 0.3) is 5.91 Å². The number of nitrogens with one attached hydrogen (secondary N) is 2. The fourth-order valence-electron chi connectivity index (χ4n) is 4.21. The zero-order valence-corrected chi connectivity index (χ0v) is 19.2. The Bertz CT molecular complexity index is 1200. The molecule has 2 heterocycles. The molecule has 2 N–H and O–H groups in total. The highest BCUT2D eigenvalue weighted by Gasteiger charge is 2.47. The molecule has 1 amide bonds. The minimum absolute atomic E-state index is 0.108. The van der Waals surface area contributed by atoms with Crippen molar-refractivity contribution in [2.45, 2.75) is 38.5 Å². The maximum atomic E-state index is 14.0. The van der Waals surface area contributed by atoms with Crippen LogP contribution in [0.1, 0.15) is 45.7 Å². The first kappa shape index (κ1) is 23.5. The van der Waals surface area contributed by atoms with E-state index in [9.17, 15) is 18.0 Å². The van der Waals surface area contributed by atoms with Crippen LogP contribution in [0.25, 0.3) is 0 Å². The van der Waals surface area contributed by atoms with Gasteiger partial charge in [-0.1, -0.05) is 12.1 Å². The molecular weight excluding hydrogens is 449 g/mol. The average Bonchev–Trinajstić information content (AvgIpc) is 3.20. The molecule has 1 aliphatic rings. The summed E-state index contributed by atoms with van der Waals surface area (Å²) in [5, 5.41) is 9.81. The smallest absolute Gasteiger partial charge is 0.410 e. The Kier molecular flexibility index (Phi) is 6.16. The lowest BCUT2D eigenvalue weighted by Crippen LogP contribution is -2.35. The number of carbonyl (C=O) groups excluding carboxylic acids is 1. The zero-order valence-electron chi connectivity index (χ0n) is 19.2. The molecule has 2 atom stereocenters. The molecule has 180 valence electrons. The number of rotatable bonds is 5. The Morgan fingerprint density at radius 3 is 2.35 bits per heavy atom. The monoisotopic (exact) mass is 474 g/mol. The third-order valence-electron chi connectivity index (χ3n) is 5.71. The Morgan fingerprint density at radius 2 is 1.74 bits per heavy atom. The average molecular weight is 474 g/mol. The lowest BCUT2D eigenvalue weighted by atomic mass is 9.96. The first-order valence-electron chi connectivity index (χ1n) is 10.6. The minimum atomic E-state index is -4.56. The number of ether oxygens (including phenoxy) is 2. The number of nitrogens with zero attached hydrogens (tertiary/aromatic N) is 2. The predicted octanol–water partition coefficient (Wildman–Crippen LogP) is 5.43. The van der Waals surface area contributed by atoms with Crippen LogP contribution in [0.4, 0.5) is 24.7 Å². The van der Waals surface area contributed by atoms with E-state index in [2.05, 4.69) is 15.7 Å². The highest BCUT2D eigenvalue weighted by molar-refractivity contribution is 6.03. The number of hydrogen-bond donors (Lipinski definition) is 2. The van der Waals surface area contributed by atoms with E-state index in [0.717, 1.165) is 15.8 Å². The summed E-state index contributed by atoms with van der Waals surface area (Å²) < 4.78 is 53.3. The van der Waals surface area contributed by atoms with Crippen LogP contribution in [0.2, 0.25) is 0 Å². The Hall–Kier alpha value is -3.69. The number of aryl methyl sites for hydroxylation is 2. The van der Waals surface area contributed by atoms with Crippen LogP contribution in [0.15, 0.2) is 42.5 Å². The Labute approximate surface area is 194 Å².